The smallest absolute Gasteiger partial charge is 0.119 e. The maximum Gasteiger partial charge on any atom is 0.119 e. The second-order valence-corrected chi connectivity index (χ2v) is 4.27. The molecule has 0 aliphatic carbocycles. The molecule has 2 N–H and O–H groups in total. The fourth-order valence-electron chi connectivity index (χ4n) is 1.49. The third-order valence-corrected chi connectivity index (χ3v) is 3.03. The van der Waals surface area contributed by atoms with Gasteiger partial charge in [0.15, 0.2) is 0 Å². The van der Waals surface area contributed by atoms with Crippen molar-refractivity contribution in [2.75, 3.05) is 0 Å². The Morgan fingerprint density at radius 3 is 2.53 bits per heavy atom. The van der Waals surface area contributed by atoms with Crippen LogP contribution in [0.2, 0.25) is 0 Å². The Hall–Kier alpha value is -1.06. The molecule has 1 aromatic carbocycles. The fourth-order valence-corrected chi connectivity index (χ4v) is 1.85. The number of rotatable bonds is 3. The lowest BCUT2D eigenvalue weighted by atomic mass is 10.0. The Balaban J connectivity index is 2.11. The van der Waals surface area contributed by atoms with Crippen LogP contribution < -0.4 is 5.73 Å². The number of hydrogen-bond acceptors (Lipinski definition) is 2. The molecule has 0 saturated carbocycles. The van der Waals surface area contributed by atoms with Gasteiger partial charge in [-0.15, -0.1) is 0 Å². The van der Waals surface area contributed by atoms with Crippen molar-refractivity contribution in [3.8, 4) is 0 Å². The van der Waals surface area contributed by atoms with E-state index in [0.717, 1.165) is 15.8 Å². The predicted octanol–water partition coefficient (Wildman–Crippen LogP) is 3.28. The highest BCUT2D eigenvalue weighted by molar-refractivity contribution is 9.10. The first kappa shape index (κ1) is 10.5. The summed E-state index contributed by atoms with van der Waals surface area (Å²) in [6.45, 7) is 0. The average molecular weight is 266 g/mol. The molecule has 1 heterocycles. The van der Waals surface area contributed by atoms with Crippen molar-refractivity contribution in [1.82, 2.24) is 0 Å². The fraction of sp³-hybridized carbons (Fsp3) is 0.167. The van der Waals surface area contributed by atoms with Gasteiger partial charge in [0.2, 0.25) is 0 Å². The quantitative estimate of drug-likeness (QED) is 0.925. The van der Waals surface area contributed by atoms with Gasteiger partial charge in [0.05, 0.1) is 10.7 Å². The van der Waals surface area contributed by atoms with Crippen molar-refractivity contribution in [3.63, 3.8) is 0 Å². The summed E-state index contributed by atoms with van der Waals surface area (Å²) in [5.74, 6) is 0.895. The van der Waals surface area contributed by atoms with Gasteiger partial charge in [-0.2, -0.15) is 0 Å². The van der Waals surface area contributed by atoms with E-state index in [4.69, 9.17) is 10.2 Å². The first-order valence-corrected chi connectivity index (χ1v) is 5.59. The van der Waals surface area contributed by atoms with Crippen molar-refractivity contribution in [2.24, 2.45) is 5.73 Å². The van der Waals surface area contributed by atoms with E-state index in [2.05, 4.69) is 15.9 Å². The SMILES string of the molecule is NC(Cc1occc1Br)c1ccccc1. The molecule has 3 heteroatoms. The molecule has 0 fully saturated rings. The highest BCUT2D eigenvalue weighted by atomic mass is 79.9. The van der Waals surface area contributed by atoms with E-state index in [1.807, 2.05) is 36.4 Å². The maximum absolute atomic E-state index is 6.07. The maximum atomic E-state index is 6.07. The van der Waals surface area contributed by atoms with Gasteiger partial charge >= 0.3 is 0 Å². The minimum Gasteiger partial charge on any atom is -0.468 e. The Morgan fingerprint density at radius 2 is 1.93 bits per heavy atom. The summed E-state index contributed by atoms with van der Waals surface area (Å²) in [6.07, 6.45) is 2.37. The van der Waals surface area contributed by atoms with Crippen molar-refractivity contribution in [2.45, 2.75) is 12.5 Å². The number of benzene rings is 1. The van der Waals surface area contributed by atoms with Crippen LogP contribution in [0.15, 0.2) is 51.6 Å². The van der Waals surface area contributed by atoms with E-state index in [0.29, 0.717) is 6.42 Å². The largest absolute Gasteiger partial charge is 0.468 e. The zero-order valence-corrected chi connectivity index (χ0v) is 9.78. The lowest BCUT2D eigenvalue weighted by molar-refractivity contribution is 0.486. The van der Waals surface area contributed by atoms with Crippen LogP contribution >= 0.6 is 15.9 Å². The molecule has 0 spiro atoms. The Bertz CT molecular complexity index is 424. The van der Waals surface area contributed by atoms with Crippen LogP contribution in [0, 0.1) is 0 Å². The van der Waals surface area contributed by atoms with Crippen molar-refractivity contribution >= 4 is 15.9 Å². The zero-order valence-electron chi connectivity index (χ0n) is 8.19. The summed E-state index contributed by atoms with van der Waals surface area (Å²) >= 11 is 3.42. The van der Waals surface area contributed by atoms with E-state index in [9.17, 15) is 0 Å². The van der Waals surface area contributed by atoms with E-state index in [1.54, 1.807) is 6.26 Å². The molecule has 0 aliphatic heterocycles. The van der Waals surface area contributed by atoms with Crippen LogP contribution in [0.1, 0.15) is 17.4 Å². The Labute approximate surface area is 97.2 Å². The molecule has 78 valence electrons. The first-order chi connectivity index (χ1) is 7.27. The minimum atomic E-state index is -0.0198. The highest BCUT2D eigenvalue weighted by Gasteiger charge is 2.11. The van der Waals surface area contributed by atoms with E-state index in [1.165, 1.54) is 0 Å². The molecule has 1 atom stereocenters. The van der Waals surface area contributed by atoms with Crippen LogP contribution in [-0.2, 0) is 6.42 Å². The van der Waals surface area contributed by atoms with Gasteiger partial charge in [0.1, 0.15) is 5.76 Å². The van der Waals surface area contributed by atoms with Gasteiger partial charge in [-0.3, -0.25) is 0 Å². The van der Waals surface area contributed by atoms with Gasteiger partial charge in [0, 0.05) is 12.5 Å². The summed E-state index contributed by atoms with van der Waals surface area (Å²) in [4.78, 5) is 0. The monoisotopic (exact) mass is 265 g/mol. The molecule has 2 aromatic rings. The molecule has 0 amide bonds. The summed E-state index contributed by atoms with van der Waals surface area (Å²) in [7, 11) is 0. The molecule has 0 aliphatic rings. The summed E-state index contributed by atoms with van der Waals surface area (Å²) < 4.78 is 6.31. The average Bonchev–Trinajstić information content (AvgIpc) is 2.66. The molecule has 0 bridgehead atoms. The van der Waals surface area contributed by atoms with Gasteiger partial charge in [0.25, 0.3) is 0 Å². The Morgan fingerprint density at radius 1 is 1.20 bits per heavy atom. The van der Waals surface area contributed by atoms with Crippen molar-refractivity contribution in [1.29, 1.82) is 0 Å². The highest BCUT2D eigenvalue weighted by Crippen LogP contribution is 2.23. The van der Waals surface area contributed by atoms with Crippen molar-refractivity contribution < 1.29 is 4.42 Å². The summed E-state index contributed by atoms with van der Waals surface area (Å²) in [6, 6.07) is 11.9. The van der Waals surface area contributed by atoms with Crippen LogP contribution in [0.5, 0.6) is 0 Å². The molecule has 0 radical (unpaired) electrons. The molecular weight excluding hydrogens is 254 g/mol. The third-order valence-electron chi connectivity index (χ3n) is 2.32. The molecule has 2 rings (SSSR count). The molecule has 0 saturated heterocycles. The molecule has 2 nitrogen and oxygen atoms in total. The number of nitrogens with two attached hydrogens (primary N) is 1. The molecular formula is C12H12BrNO. The minimum absolute atomic E-state index is 0.0198. The van der Waals surface area contributed by atoms with Gasteiger partial charge in [-0.25, -0.2) is 0 Å². The summed E-state index contributed by atoms with van der Waals surface area (Å²) in [5, 5.41) is 0. The predicted molar refractivity (Wildman–Crippen MR) is 63.5 cm³/mol. The molecule has 15 heavy (non-hydrogen) atoms. The van der Waals surface area contributed by atoms with E-state index < -0.39 is 0 Å². The normalized spacial score (nSPS) is 12.7. The van der Waals surface area contributed by atoms with Crippen LogP contribution in [0.3, 0.4) is 0 Å². The standard InChI is InChI=1S/C12H12BrNO/c13-10-6-7-15-12(10)8-11(14)9-4-2-1-3-5-9/h1-7,11H,8,14H2. The van der Waals surface area contributed by atoms with Gasteiger partial charge < -0.3 is 10.2 Å². The van der Waals surface area contributed by atoms with Gasteiger partial charge in [-0.1, -0.05) is 30.3 Å². The van der Waals surface area contributed by atoms with Gasteiger partial charge in [-0.05, 0) is 27.6 Å². The molecule has 1 unspecified atom stereocenters. The van der Waals surface area contributed by atoms with Crippen LogP contribution in [0.4, 0.5) is 0 Å². The zero-order chi connectivity index (χ0) is 10.7. The van der Waals surface area contributed by atoms with E-state index in [-0.39, 0.29) is 6.04 Å². The van der Waals surface area contributed by atoms with Crippen LogP contribution in [-0.4, -0.2) is 0 Å². The lowest BCUT2D eigenvalue weighted by Crippen LogP contribution is -2.12. The van der Waals surface area contributed by atoms with E-state index >= 15 is 0 Å². The first-order valence-electron chi connectivity index (χ1n) is 4.80. The number of furan rings is 1. The molecule has 1 aromatic heterocycles. The Kier molecular flexibility index (Phi) is 3.23. The number of halogens is 1. The second kappa shape index (κ2) is 4.64. The number of hydrogen-bond donors (Lipinski definition) is 1. The van der Waals surface area contributed by atoms with Crippen molar-refractivity contribution in [3.05, 3.63) is 58.5 Å². The van der Waals surface area contributed by atoms with Crippen LogP contribution in [0.25, 0.3) is 0 Å². The second-order valence-electron chi connectivity index (χ2n) is 3.41. The topological polar surface area (TPSA) is 39.2 Å². The lowest BCUT2D eigenvalue weighted by Gasteiger charge is -2.10. The summed E-state index contributed by atoms with van der Waals surface area (Å²) in [5.41, 5.74) is 7.20. The third kappa shape index (κ3) is 2.49.